The van der Waals surface area contributed by atoms with Gasteiger partial charge in [-0.05, 0) is 40.0 Å². The number of nitrogens with one attached hydrogen (secondary N) is 1. The molecule has 0 saturated carbocycles. The summed E-state index contributed by atoms with van der Waals surface area (Å²) in [6, 6.07) is 0.655. The highest BCUT2D eigenvalue weighted by Crippen LogP contribution is 2.30. The largest absolute Gasteiger partial charge is 0.308 e. The second-order valence-electron chi connectivity index (χ2n) is 6.41. The maximum Gasteiger partial charge on any atom is 0.0304 e. The Bertz CT molecular complexity index is 231. The van der Waals surface area contributed by atoms with E-state index in [1.165, 1.54) is 32.2 Å². The minimum atomic E-state index is 0.339. The normalized spacial score (nSPS) is 26.1. The first-order valence-electron chi connectivity index (χ1n) is 7.42. The van der Waals surface area contributed by atoms with Gasteiger partial charge in [0.1, 0.15) is 0 Å². The zero-order chi connectivity index (χ0) is 13.1. The summed E-state index contributed by atoms with van der Waals surface area (Å²) >= 11 is 0. The molecule has 0 aliphatic carbocycles. The van der Waals surface area contributed by atoms with Gasteiger partial charge in [0.15, 0.2) is 0 Å². The summed E-state index contributed by atoms with van der Waals surface area (Å²) in [5.74, 6) is 0. The molecule has 0 aromatic rings. The molecule has 0 bridgehead atoms. The molecule has 1 aliphatic rings. The molecule has 102 valence electrons. The molecule has 1 saturated heterocycles. The minimum Gasteiger partial charge on any atom is -0.308 e. The standard InChI is InChI=1S/C15H32N2/c1-7-10-14(5,6)17-12-15(8-2,9-3)16-11-13(17)4/h13,16H,7-12H2,1-6H3. The maximum absolute atomic E-state index is 3.78. The number of nitrogens with zero attached hydrogens (tertiary/aromatic N) is 1. The number of piperazine rings is 1. The molecule has 0 amide bonds. The third kappa shape index (κ3) is 3.23. The van der Waals surface area contributed by atoms with Crippen LogP contribution in [0.3, 0.4) is 0 Å². The molecule has 1 unspecified atom stereocenters. The Balaban J connectivity index is 2.82. The quantitative estimate of drug-likeness (QED) is 0.792. The average Bonchev–Trinajstić information content (AvgIpc) is 2.30. The fourth-order valence-corrected chi connectivity index (χ4v) is 3.30. The summed E-state index contributed by atoms with van der Waals surface area (Å²) in [5.41, 5.74) is 0.684. The van der Waals surface area contributed by atoms with Gasteiger partial charge < -0.3 is 5.32 Å². The van der Waals surface area contributed by atoms with E-state index in [1.54, 1.807) is 0 Å². The molecule has 0 spiro atoms. The van der Waals surface area contributed by atoms with Crippen LogP contribution in [0.15, 0.2) is 0 Å². The van der Waals surface area contributed by atoms with E-state index in [-0.39, 0.29) is 0 Å². The molecular weight excluding hydrogens is 208 g/mol. The van der Waals surface area contributed by atoms with Gasteiger partial charge in [0, 0.05) is 30.2 Å². The lowest BCUT2D eigenvalue weighted by Crippen LogP contribution is -2.67. The molecule has 0 aromatic heterocycles. The van der Waals surface area contributed by atoms with E-state index in [1.807, 2.05) is 0 Å². The van der Waals surface area contributed by atoms with E-state index in [9.17, 15) is 0 Å². The summed E-state index contributed by atoms with van der Waals surface area (Å²) in [6.45, 7) is 16.4. The lowest BCUT2D eigenvalue weighted by molar-refractivity contribution is -0.000978. The Labute approximate surface area is 108 Å². The predicted molar refractivity (Wildman–Crippen MR) is 76.5 cm³/mol. The highest BCUT2D eigenvalue weighted by molar-refractivity contribution is 5.00. The Hall–Kier alpha value is -0.0800. The molecule has 0 radical (unpaired) electrons. The van der Waals surface area contributed by atoms with E-state index in [4.69, 9.17) is 0 Å². The first-order valence-corrected chi connectivity index (χ1v) is 7.42. The topological polar surface area (TPSA) is 15.3 Å². The van der Waals surface area contributed by atoms with Crippen LogP contribution >= 0.6 is 0 Å². The molecule has 2 nitrogen and oxygen atoms in total. The van der Waals surface area contributed by atoms with Crippen LogP contribution in [0.25, 0.3) is 0 Å². The highest BCUT2D eigenvalue weighted by Gasteiger charge is 2.40. The van der Waals surface area contributed by atoms with Gasteiger partial charge in [-0.2, -0.15) is 0 Å². The Kier molecular flexibility index (Phi) is 5.03. The van der Waals surface area contributed by atoms with Crippen molar-refractivity contribution in [1.82, 2.24) is 10.2 Å². The van der Waals surface area contributed by atoms with Crippen LogP contribution in [-0.4, -0.2) is 35.1 Å². The average molecular weight is 240 g/mol. The Morgan fingerprint density at radius 2 is 1.82 bits per heavy atom. The smallest absolute Gasteiger partial charge is 0.0304 e. The third-order valence-corrected chi connectivity index (χ3v) is 4.77. The van der Waals surface area contributed by atoms with Crippen molar-refractivity contribution >= 4 is 0 Å². The summed E-state index contributed by atoms with van der Waals surface area (Å²) in [4.78, 5) is 2.74. The first kappa shape index (κ1) is 15.0. The van der Waals surface area contributed by atoms with Crippen LogP contribution in [-0.2, 0) is 0 Å². The van der Waals surface area contributed by atoms with Crippen LogP contribution in [0, 0.1) is 0 Å². The minimum absolute atomic E-state index is 0.339. The van der Waals surface area contributed by atoms with Crippen molar-refractivity contribution in [3.8, 4) is 0 Å². The molecule has 1 fully saturated rings. The number of hydrogen-bond donors (Lipinski definition) is 1. The number of hydrogen-bond acceptors (Lipinski definition) is 2. The van der Waals surface area contributed by atoms with Crippen LogP contribution in [0.4, 0.5) is 0 Å². The maximum atomic E-state index is 3.78. The van der Waals surface area contributed by atoms with Gasteiger partial charge in [-0.3, -0.25) is 4.90 Å². The van der Waals surface area contributed by atoms with Gasteiger partial charge in [0.2, 0.25) is 0 Å². The summed E-state index contributed by atoms with van der Waals surface area (Å²) in [7, 11) is 0. The van der Waals surface area contributed by atoms with Crippen molar-refractivity contribution in [2.24, 2.45) is 0 Å². The highest BCUT2D eigenvalue weighted by atomic mass is 15.3. The van der Waals surface area contributed by atoms with E-state index in [0.29, 0.717) is 17.1 Å². The van der Waals surface area contributed by atoms with Crippen molar-refractivity contribution in [2.45, 2.75) is 84.3 Å². The van der Waals surface area contributed by atoms with Gasteiger partial charge in [0.25, 0.3) is 0 Å². The lowest BCUT2D eigenvalue weighted by Gasteiger charge is -2.53. The van der Waals surface area contributed by atoms with Gasteiger partial charge >= 0.3 is 0 Å². The van der Waals surface area contributed by atoms with Crippen molar-refractivity contribution < 1.29 is 0 Å². The second kappa shape index (κ2) is 5.71. The SMILES string of the molecule is CCCC(C)(C)N1CC(CC)(CC)NCC1C. The van der Waals surface area contributed by atoms with Gasteiger partial charge in [-0.15, -0.1) is 0 Å². The van der Waals surface area contributed by atoms with Crippen molar-refractivity contribution in [3.63, 3.8) is 0 Å². The summed E-state index contributed by atoms with van der Waals surface area (Å²) < 4.78 is 0. The van der Waals surface area contributed by atoms with Crippen molar-refractivity contribution in [3.05, 3.63) is 0 Å². The lowest BCUT2D eigenvalue weighted by atomic mass is 9.84. The molecule has 17 heavy (non-hydrogen) atoms. The summed E-state index contributed by atoms with van der Waals surface area (Å²) in [6.07, 6.45) is 5.03. The first-order chi connectivity index (χ1) is 7.90. The molecule has 1 aliphatic heterocycles. The summed E-state index contributed by atoms with van der Waals surface area (Å²) in [5, 5.41) is 3.78. The number of rotatable bonds is 5. The van der Waals surface area contributed by atoms with Crippen LogP contribution in [0.1, 0.15) is 67.2 Å². The molecule has 1 heterocycles. The monoisotopic (exact) mass is 240 g/mol. The van der Waals surface area contributed by atoms with Gasteiger partial charge in [-0.1, -0.05) is 27.2 Å². The molecule has 0 aromatic carbocycles. The molecule has 1 rings (SSSR count). The van der Waals surface area contributed by atoms with E-state index in [2.05, 4.69) is 51.8 Å². The predicted octanol–water partition coefficient (Wildman–Crippen LogP) is 3.42. The van der Waals surface area contributed by atoms with Gasteiger partial charge in [0.05, 0.1) is 0 Å². The zero-order valence-corrected chi connectivity index (χ0v) is 12.8. The zero-order valence-electron chi connectivity index (χ0n) is 12.8. The van der Waals surface area contributed by atoms with Crippen LogP contribution in [0.5, 0.6) is 0 Å². The Morgan fingerprint density at radius 1 is 1.24 bits per heavy atom. The Morgan fingerprint density at radius 3 is 2.29 bits per heavy atom. The van der Waals surface area contributed by atoms with Gasteiger partial charge in [-0.25, -0.2) is 0 Å². The fourth-order valence-electron chi connectivity index (χ4n) is 3.30. The van der Waals surface area contributed by atoms with Crippen molar-refractivity contribution in [2.75, 3.05) is 13.1 Å². The van der Waals surface area contributed by atoms with Crippen LogP contribution < -0.4 is 5.32 Å². The van der Waals surface area contributed by atoms with Crippen molar-refractivity contribution in [1.29, 1.82) is 0 Å². The van der Waals surface area contributed by atoms with E-state index >= 15 is 0 Å². The molecular formula is C15H32N2. The van der Waals surface area contributed by atoms with E-state index < -0.39 is 0 Å². The van der Waals surface area contributed by atoms with Crippen LogP contribution in [0.2, 0.25) is 0 Å². The van der Waals surface area contributed by atoms with E-state index in [0.717, 1.165) is 6.54 Å². The third-order valence-electron chi connectivity index (χ3n) is 4.77. The fraction of sp³-hybridized carbons (Fsp3) is 1.00. The molecule has 1 atom stereocenters. The molecule has 1 N–H and O–H groups in total. The molecule has 2 heteroatoms. The second-order valence-corrected chi connectivity index (χ2v) is 6.41.